The summed E-state index contributed by atoms with van der Waals surface area (Å²) in [6, 6.07) is 0. The van der Waals surface area contributed by atoms with Gasteiger partial charge in [-0.3, -0.25) is 0 Å². The molecule has 1 saturated carbocycles. The van der Waals surface area contributed by atoms with E-state index in [4.69, 9.17) is 4.74 Å². The molecule has 4 unspecified atom stereocenters. The molecule has 0 radical (unpaired) electrons. The summed E-state index contributed by atoms with van der Waals surface area (Å²) in [5, 5.41) is 10.9. The van der Waals surface area contributed by atoms with Crippen LogP contribution in [0, 0.1) is 17.8 Å². The summed E-state index contributed by atoms with van der Waals surface area (Å²) in [4.78, 5) is 0. The van der Waals surface area contributed by atoms with Crippen molar-refractivity contribution in [3.05, 3.63) is 0 Å². The van der Waals surface area contributed by atoms with Gasteiger partial charge in [0.25, 0.3) is 0 Å². The number of hydrogen-bond acceptors (Lipinski definition) is 2. The first-order valence-electron chi connectivity index (χ1n) is 6.43. The summed E-state index contributed by atoms with van der Waals surface area (Å²) in [7, 11) is 0. The summed E-state index contributed by atoms with van der Waals surface area (Å²) in [6.45, 7) is 6.13. The molecule has 1 saturated heterocycles. The molecule has 15 heavy (non-hydrogen) atoms. The van der Waals surface area contributed by atoms with Crippen LogP contribution >= 0.6 is 0 Å². The smallest absolute Gasteiger partial charge is 0.0725 e. The van der Waals surface area contributed by atoms with Crippen molar-refractivity contribution in [2.45, 2.75) is 51.6 Å². The van der Waals surface area contributed by atoms with E-state index >= 15 is 0 Å². The fourth-order valence-electron chi connectivity index (χ4n) is 3.35. The van der Waals surface area contributed by atoms with Gasteiger partial charge in [-0.15, -0.1) is 0 Å². The molecular weight excluding hydrogens is 188 g/mol. The highest BCUT2D eigenvalue weighted by Crippen LogP contribution is 2.43. The van der Waals surface area contributed by atoms with Crippen molar-refractivity contribution in [3.8, 4) is 0 Å². The van der Waals surface area contributed by atoms with Crippen molar-refractivity contribution in [1.29, 1.82) is 0 Å². The molecule has 2 nitrogen and oxygen atoms in total. The minimum absolute atomic E-state index is 0.379. The zero-order valence-corrected chi connectivity index (χ0v) is 10.0. The Labute approximate surface area is 93.0 Å². The van der Waals surface area contributed by atoms with Crippen LogP contribution in [-0.2, 0) is 4.74 Å². The maximum absolute atomic E-state index is 10.9. The second-order valence-corrected chi connectivity index (χ2v) is 5.69. The Balaban J connectivity index is 2.07. The zero-order valence-electron chi connectivity index (χ0n) is 10.0. The van der Waals surface area contributed by atoms with Crippen LogP contribution in [0.2, 0.25) is 0 Å². The quantitative estimate of drug-likeness (QED) is 0.724. The van der Waals surface area contributed by atoms with Crippen molar-refractivity contribution in [2.24, 2.45) is 17.8 Å². The number of ether oxygens (including phenoxy) is 1. The van der Waals surface area contributed by atoms with Crippen LogP contribution in [0.1, 0.15) is 46.0 Å². The van der Waals surface area contributed by atoms with E-state index in [1.54, 1.807) is 0 Å². The minimum Gasteiger partial charge on any atom is -0.389 e. The topological polar surface area (TPSA) is 29.5 Å². The summed E-state index contributed by atoms with van der Waals surface area (Å²) >= 11 is 0. The first kappa shape index (κ1) is 11.4. The Morgan fingerprint density at radius 2 is 2.00 bits per heavy atom. The Hall–Kier alpha value is -0.0800. The second-order valence-electron chi connectivity index (χ2n) is 5.69. The number of rotatable bonds is 1. The van der Waals surface area contributed by atoms with Gasteiger partial charge in [-0.1, -0.05) is 20.3 Å². The standard InChI is InChI=1S/C13H24O2/c1-10-5-6-11(2)13(14,8-10)12-4-3-7-15-9-12/h10-12,14H,3-9H2,1-2H3. The molecule has 1 heterocycles. The van der Waals surface area contributed by atoms with Gasteiger partial charge in [0.2, 0.25) is 0 Å². The third-order valence-corrected chi connectivity index (χ3v) is 4.49. The van der Waals surface area contributed by atoms with Crippen LogP contribution in [0.3, 0.4) is 0 Å². The van der Waals surface area contributed by atoms with Crippen molar-refractivity contribution < 1.29 is 9.84 Å². The van der Waals surface area contributed by atoms with E-state index in [1.165, 1.54) is 12.8 Å². The van der Waals surface area contributed by atoms with Gasteiger partial charge < -0.3 is 9.84 Å². The molecule has 2 rings (SSSR count). The normalized spacial score (nSPS) is 47.8. The van der Waals surface area contributed by atoms with E-state index in [2.05, 4.69) is 13.8 Å². The van der Waals surface area contributed by atoms with E-state index in [9.17, 15) is 5.11 Å². The zero-order chi connectivity index (χ0) is 10.9. The molecule has 0 bridgehead atoms. The van der Waals surface area contributed by atoms with Crippen molar-refractivity contribution >= 4 is 0 Å². The molecule has 88 valence electrons. The summed E-state index contributed by atoms with van der Waals surface area (Å²) in [5.41, 5.74) is -0.446. The SMILES string of the molecule is CC1CCC(C)C(O)(C2CCCOC2)C1. The molecular formula is C13H24O2. The summed E-state index contributed by atoms with van der Waals surface area (Å²) in [5.74, 6) is 1.50. The van der Waals surface area contributed by atoms with E-state index < -0.39 is 5.60 Å². The molecule has 4 atom stereocenters. The highest BCUT2D eigenvalue weighted by molar-refractivity contribution is 4.95. The van der Waals surface area contributed by atoms with Gasteiger partial charge in [-0.25, -0.2) is 0 Å². The number of hydrogen-bond donors (Lipinski definition) is 1. The van der Waals surface area contributed by atoms with E-state index in [1.807, 2.05) is 0 Å². The van der Waals surface area contributed by atoms with Gasteiger partial charge in [0.05, 0.1) is 12.2 Å². The minimum atomic E-state index is -0.446. The molecule has 0 aromatic rings. The van der Waals surface area contributed by atoms with Gasteiger partial charge in [0.15, 0.2) is 0 Å². The van der Waals surface area contributed by atoms with Crippen molar-refractivity contribution in [3.63, 3.8) is 0 Å². The fourth-order valence-corrected chi connectivity index (χ4v) is 3.35. The lowest BCUT2D eigenvalue weighted by molar-refractivity contribution is -0.136. The van der Waals surface area contributed by atoms with Gasteiger partial charge in [0.1, 0.15) is 0 Å². The van der Waals surface area contributed by atoms with Gasteiger partial charge in [-0.05, 0) is 37.5 Å². The van der Waals surface area contributed by atoms with E-state index in [0.717, 1.165) is 32.5 Å². The van der Waals surface area contributed by atoms with Gasteiger partial charge in [-0.2, -0.15) is 0 Å². The molecule has 2 heteroatoms. The molecule has 0 aromatic carbocycles. The molecule has 0 spiro atoms. The molecule has 2 fully saturated rings. The predicted molar refractivity (Wildman–Crippen MR) is 60.7 cm³/mol. The third kappa shape index (κ3) is 2.21. The van der Waals surface area contributed by atoms with Crippen LogP contribution in [0.15, 0.2) is 0 Å². The number of aliphatic hydroxyl groups is 1. The largest absolute Gasteiger partial charge is 0.389 e. The molecule has 1 N–H and O–H groups in total. The van der Waals surface area contributed by atoms with Crippen LogP contribution in [0.25, 0.3) is 0 Å². The Bertz CT molecular complexity index is 211. The molecule has 1 aliphatic carbocycles. The Morgan fingerprint density at radius 3 is 2.67 bits per heavy atom. The average Bonchev–Trinajstić information content (AvgIpc) is 2.25. The Morgan fingerprint density at radius 1 is 1.20 bits per heavy atom. The summed E-state index contributed by atoms with van der Waals surface area (Å²) < 4.78 is 5.52. The first-order valence-corrected chi connectivity index (χ1v) is 6.43. The van der Waals surface area contributed by atoms with Crippen molar-refractivity contribution in [1.82, 2.24) is 0 Å². The van der Waals surface area contributed by atoms with Crippen LogP contribution in [0.4, 0.5) is 0 Å². The lowest BCUT2D eigenvalue weighted by atomic mass is 9.65. The average molecular weight is 212 g/mol. The highest BCUT2D eigenvalue weighted by atomic mass is 16.5. The molecule has 0 aromatic heterocycles. The Kier molecular flexibility index (Phi) is 3.36. The molecule has 2 aliphatic rings. The molecule has 0 amide bonds. The maximum Gasteiger partial charge on any atom is 0.0725 e. The maximum atomic E-state index is 10.9. The second kappa shape index (κ2) is 4.42. The third-order valence-electron chi connectivity index (χ3n) is 4.49. The van der Waals surface area contributed by atoms with Gasteiger partial charge >= 0.3 is 0 Å². The van der Waals surface area contributed by atoms with Crippen LogP contribution < -0.4 is 0 Å². The predicted octanol–water partition coefficient (Wildman–Crippen LogP) is 2.60. The van der Waals surface area contributed by atoms with E-state index in [0.29, 0.717) is 17.8 Å². The molecule has 1 aliphatic heterocycles. The highest BCUT2D eigenvalue weighted by Gasteiger charge is 2.45. The van der Waals surface area contributed by atoms with Crippen LogP contribution in [-0.4, -0.2) is 23.9 Å². The fraction of sp³-hybridized carbons (Fsp3) is 1.00. The van der Waals surface area contributed by atoms with E-state index in [-0.39, 0.29) is 0 Å². The van der Waals surface area contributed by atoms with Gasteiger partial charge in [0, 0.05) is 12.5 Å². The van der Waals surface area contributed by atoms with Crippen molar-refractivity contribution in [2.75, 3.05) is 13.2 Å². The van der Waals surface area contributed by atoms with Crippen LogP contribution in [0.5, 0.6) is 0 Å². The first-order chi connectivity index (χ1) is 7.13. The summed E-state index contributed by atoms with van der Waals surface area (Å²) in [6.07, 6.45) is 5.69. The monoisotopic (exact) mass is 212 g/mol. The lowest BCUT2D eigenvalue weighted by Crippen LogP contribution is -2.50. The lowest BCUT2D eigenvalue weighted by Gasteiger charge is -2.47.